The molecule has 0 aromatic carbocycles. The van der Waals surface area contributed by atoms with Crippen LogP contribution in [0.3, 0.4) is 0 Å². The van der Waals surface area contributed by atoms with E-state index in [2.05, 4.69) is 11.5 Å². The van der Waals surface area contributed by atoms with Crippen LogP contribution in [-0.4, -0.2) is 29.7 Å². The zero-order chi connectivity index (χ0) is 8.77. The van der Waals surface area contributed by atoms with Gasteiger partial charge in [0.25, 0.3) is 0 Å². The number of alkyl halides is 1. The summed E-state index contributed by atoms with van der Waals surface area (Å²) in [6.07, 6.45) is 2.38. The highest BCUT2D eigenvalue weighted by molar-refractivity contribution is 5.21. The summed E-state index contributed by atoms with van der Waals surface area (Å²) < 4.78 is 13.2. The van der Waals surface area contributed by atoms with Gasteiger partial charge in [0.2, 0.25) is 0 Å². The third-order valence-electron chi connectivity index (χ3n) is 3.40. The molecular weight excluding hydrogens is 153 g/mol. The first-order valence-corrected chi connectivity index (χ1v) is 4.70. The molecule has 0 spiro atoms. The van der Waals surface area contributed by atoms with Crippen LogP contribution in [0.1, 0.15) is 26.2 Å². The number of rotatable bonds is 1. The lowest BCUT2D eigenvalue weighted by Gasteiger charge is -2.32. The highest BCUT2D eigenvalue weighted by Crippen LogP contribution is 2.44. The Balaban J connectivity index is 2.26. The van der Waals surface area contributed by atoms with Crippen molar-refractivity contribution in [1.82, 2.24) is 4.90 Å². The maximum absolute atomic E-state index is 13.2. The van der Waals surface area contributed by atoms with E-state index in [4.69, 9.17) is 0 Å². The summed E-state index contributed by atoms with van der Waals surface area (Å²) in [7, 11) is 0. The Morgan fingerprint density at radius 2 is 2.42 bits per heavy atom. The monoisotopic (exact) mass is 169 g/mol. The third-order valence-corrected chi connectivity index (χ3v) is 3.40. The van der Waals surface area contributed by atoms with Gasteiger partial charge in [-0.2, -0.15) is 0 Å². The van der Waals surface area contributed by atoms with E-state index in [1.807, 2.05) is 6.92 Å². The van der Waals surface area contributed by atoms with E-state index in [1.165, 1.54) is 6.42 Å². The molecule has 2 unspecified atom stereocenters. The van der Waals surface area contributed by atoms with Gasteiger partial charge in [-0.05, 0) is 26.3 Å². The van der Waals surface area contributed by atoms with E-state index >= 15 is 0 Å². The van der Waals surface area contributed by atoms with Crippen molar-refractivity contribution < 1.29 is 4.39 Å². The lowest BCUT2D eigenvalue weighted by atomic mass is 9.87. The Labute approximate surface area is 73.2 Å². The molecule has 12 heavy (non-hydrogen) atoms. The van der Waals surface area contributed by atoms with Gasteiger partial charge < -0.3 is 0 Å². The SMILES string of the molecule is C=C(C)C12CCCN1CC(F)C2. The fourth-order valence-electron chi connectivity index (χ4n) is 2.76. The topological polar surface area (TPSA) is 3.24 Å². The number of nitrogens with zero attached hydrogens (tertiary/aromatic N) is 1. The van der Waals surface area contributed by atoms with Crippen LogP contribution < -0.4 is 0 Å². The third kappa shape index (κ3) is 0.939. The standard InChI is InChI=1S/C10H16FN/c1-8(2)10-4-3-5-12(10)7-9(11)6-10/h9H,1,3-7H2,2H3. The van der Waals surface area contributed by atoms with Crippen LogP contribution in [0.2, 0.25) is 0 Å². The van der Waals surface area contributed by atoms with E-state index in [9.17, 15) is 4.39 Å². The molecular formula is C10H16FN. The molecule has 2 atom stereocenters. The maximum atomic E-state index is 13.2. The molecule has 2 saturated heterocycles. The van der Waals surface area contributed by atoms with Crippen molar-refractivity contribution in [2.45, 2.75) is 37.9 Å². The van der Waals surface area contributed by atoms with Gasteiger partial charge in [0, 0.05) is 18.5 Å². The zero-order valence-corrected chi connectivity index (χ0v) is 7.65. The van der Waals surface area contributed by atoms with Crippen LogP contribution in [0, 0.1) is 0 Å². The highest BCUT2D eigenvalue weighted by atomic mass is 19.1. The van der Waals surface area contributed by atoms with Crippen LogP contribution in [0.4, 0.5) is 4.39 Å². The van der Waals surface area contributed by atoms with Crippen LogP contribution in [-0.2, 0) is 0 Å². The fourth-order valence-corrected chi connectivity index (χ4v) is 2.76. The molecule has 68 valence electrons. The van der Waals surface area contributed by atoms with E-state index in [0.717, 1.165) is 18.5 Å². The Kier molecular flexibility index (Phi) is 1.76. The molecule has 0 radical (unpaired) electrons. The summed E-state index contributed by atoms with van der Waals surface area (Å²) in [5.74, 6) is 0. The van der Waals surface area contributed by atoms with Crippen molar-refractivity contribution in [3.8, 4) is 0 Å². The number of halogens is 1. The highest BCUT2D eigenvalue weighted by Gasteiger charge is 2.48. The largest absolute Gasteiger partial charge is 0.291 e. The Morgan fingerprint density at radius 1 is 1.67 bits per heavy atom. The van der Waals surface area contributed by atoms with Crippen LogP contribution >= 0.6 is 0 Å². The maximum Gasteiger partial charge on any atom is 0.115 e. The molecule has 0 aromatic heterocycles. The van der Waals surface area contributed by atoms with Crippen LogP contribution in [0.25, 0.3) is 0 Å². The first-order valence-electron chi connectivity index (χ1n) is 4.70. The number of hydrogen-bond acceptors (Lipinski definition) is 1. The molecule has 0 bridgehead atoms. The van der Waals surface area contributed by atoms with Crippen molar-refractivity contribution in [2.24, 2.45) is 0 Å². The molecule has 0 N–H and O–H groups in total. The van der Waals surface area contributed by atoms with Gasteiger partial charge in [-0.15, -0.1) is 0 Å². The first-order chi connectivity index (χ1) is 5.65. The molecule has 0 aromatic rings. The summed E-state index contributed by atoms with van der Waals surface area (Å²) >= 11 is 0. The molecule has 2 fully saturated rings. The minimum Gasteiger partial charge on any atom is -0.291 e. The normalized spacial score (nSPS) is 41.7. The summed E-state index contributed by atoms with van der Waals surface area (Å²) in [5, 5.41) is 0. The Hall–Kier alpha value is -0.370. The van der Waals surface area contributed by atoms with Gasteiger partial charge in [0.15, 0.2) is 0 Å². The number of hydrogen-bond donors (Lipinski definition) is 0. The van der Waals surface area contributed by atoms with Crippen molar-refractivity contribution in [1.29, 1.82) is 0 Å². The second kappa shape index (κ2) is 2.56. The van der Waals surface area contributed by atoms with Crippen LogP contribution in [0.15, 0.2) is 12.2 Å². The minimum absolute atomic E-state index is 0.0411. The Morgan fingerprint density at radius 3 is 3.00 bits per heavy atom. The lowest BCUT2D eigenvalue weighted by molar-refractivity contribution is 0.234. The number of fused-ring (bicyclic) bond motifs is 1. The van der Waals surface area contributed by atoms with Crippen molar-refractivity contribution in [2.75, 3.05) is 13.1 Å². The summed E-state index contributed by atoms with van der Waals surface area (Å²) in [6, 6.07) is 0. The molecule has 2 heterocycles. The van der Waals surface area contributed by atoms with Gasteiger partial charge in [0.05, 0.1) is 0 Å². The molecule has 2 aliphatic rings. The van der Waals surface area contributed by atoms with Crippen LogP contribution in [0.5, 0.6) is 0 Å². The summed E-state index contributed by atoms with van der Waals surface area (Å²) in [4.78, 5) is 2.28. The van der Waals surface area contributed by atoms with Gasteiger partial charge >= 0.3 is 0 Å². The van der Waals surface area contributed by atoms with Gasteiger partial charge in [-0.3, -0.25) is 4.90 Å². The minimum atomic E-state index is -0.623. The molecule has 0 saturated carbocycles. The molecule has 0 aliphatic carbocycles. The summed E-state index contributed by atoms with van der Waals surface area (Å²) in [6.45, 7) is 7.73. The predicted molar refractivity (Wildman–Crippen MR) is 47.9 cm³/mol. The molecule has 0 amide bonds. The van der Waals surface area contributed by atoms with Gasteiger partial charge in [-0.25, -0.2) is 4.39 Å². The molecule has 2 aliphatic heterocycles. The molecule has 1 nitrogen and oxygen atoms in total. The molecule has 2 heteroatoms. The van der Waals surface area contributed by atoms with E-state index < -0.39 is 6.17 Å². The fraction of sp³-hybridized carbons (Fsp3) is 0.800. The van der Waals surface area contributed by atoms with Crippen molar-refractivity contribution >= 4 is 0 Å². The second-order valence-corrected chi connectivity index (χ2v) is 4.16. The van der Waals surface area contributed by atoms with E-state index in [-0.39, 0.29) is 5.54 Å². The van der Waals surface area contributed by atoms with Crippen molar-refractivity contribution in [3.63, 3.8) is 0 Å². The van der Waals surface area contributed by atoms with Gasteiger partial charge in [0.1, 0.15) is 6.17 Å². The second-order valence-electron chi connectivity index (χ2n) is 4.16. The van der Waals surface area contributed by atoms with Gasteiger partial charge in [-0.1, -0.05) is 12.2 Å². The lowest BCUT2D eigenvalue weighted by Crippen LogP contribution is -2.38. The molecule has 2 rings (SSSR count). The Bertz CT molecular complexity index is 214. The zero-order valence-electron chi connectivity index (χ0n) is 7.65. The summed E-state index contributed by atoms with van der Waals surface area (Å²) in [5.41, 5.74) is 1.19. The van der Waals surface area contributed by atoms with E-state index in [0.29, 0.717) is 13.0 Å². The van der Waals surface area contributed by atoms with Crippen molar-refractivity contribution in [3.05, 3.63) is 12.2 Å². The average Bonchev–Trinajstić information content (AvgIpc) is 2.42. The quantitative estimate of drug-likeness (QED) is 0.543. The van der Waals surface area contributed by atoms with E-state index in [1.54, 1.807) is 0 Å². The predicted octanol–water partition coefficient (Wildman–Crippen LogP) is 2.14. The smallest absolute Gasteiger partial charge is 0.115 e. The first kappa shape index (κ1) is 8.24. The average molecular weight is 169 g/mol.